The number of rotatable bonds is 2. The van der Waals surface area contributed by atoms with Crippen LogP contribution in [0.3, 0.4) is 0 Å². The molecule has 1 fully saturated rings. The summed E-state index contributed by atoms with van der Waals surface area (Å²) in [6, 6.07) is 5.96. The Morgan fingerprint density at radius 3 is 2.00 bits per heavy atom. The van der Waals surface area contributed by atoms with Gasteiger partial charge in [-0.05, 0) is 50.2 Å². The van der Waals surface area contributed by atoms with Gasteiger partial charge in [-0.25, -0.2) is 17.6 Å². The SMILES string of the molecule is Fc1ccc(OC2CCNCC2)c(F)c1.Oc1ccc(F)cc1F. The lowest BCUT2D eigenvalue weighted by atomic mass is 10.1. The molecule has 2 aromatic carbocycles. The van der Waals surface area contributed by atoms with Crippen LogP contribution in [0.5, 0.6) is 11.5 Å². The number of phenolic OH excluding ortho intramolecular Hbond substituents is 1. The Morgan fingerprint density at radius 1 is 0.875 bits per heavy atom. The number of hydrogen-bond acceptors (Lipinski definition) is 3. The minimum atomic E-state index is -0.935. The second-order valence-electron chi connectivity index (χ2n) is 5.24. The van der Waals surface area contributed by atoms with Gasteiger partial charge in [0, 0.05) is 12.1 Å². The van der Waals surface area contributed by atoms with Crippen molar-refractivity contribution in [2.24, 2.45) is 0 Å². The number of phenols is 1. The average Bonchev–Trinajstić information content (AvgIpc) is 2.56. The van der Waals surface area contributed by atoms with Crippen molar-refractivity contribution >= 4 is 0 Å². The van der Waals surface area contributed by atoms with E-state index in [0.717, 1.165) is 44.1 Å². The zero-order chi connectivity index (χ0) is 17.5. The van der Waals surface area contributed by atoms with E-state index in [0.29, 0.717) is 6.07 Å². The molecule has 1 aliphatic rings. The highest BCUT2D eigenvalue weighted by Gasteiger charge is 2.16. The van der Waals surface area contributed by atoms with E-state index in [4.69, 9.17) is 9.84 Å². The van der Waals surface area contributed by atoms with Crippen molar-refractivity contribution in [2.75, 3.05) is 13.1 Å². The summed E-state index contributed by atoms with van der Waals surface area (Å²) in [6.07, 6.45) is 1.75. The number of halogens is 4. The molecule has 0 bridgehead atoms. The highest BCUT2D eigenvalue weighted by Crippen LogP contribution is 2.21. The smallest absolute Gasteiger partial charge is 0.167 e. The fraction of sp³-hybridized carbons (Fsp3) is 0.294. The lowest BCUT2D eigenvalue weighted by Gasteiger charge is -2.23. The molecule has 0 radical (unpaired) electrons. The fourth-order valence-corrected chi connectivity index (χ4v) is 2.14. The van der Waals surface area contributed by atoms with E-state index in [2.05, 4.69) is 5.32 Å². The molecule has 0 aliphatic carbocycles. The van der Waals surface area contributed by atoms with Gasteiger partial charge < -0.3 is 15.2 Å². The Hall–Kier alpha value is -2.28. The third-order valence-electron chi connectivity index (χ3n) is 3.38. The number of nitrogens with one attached hydrogen (secondary N) is 1. The van der Waals surface area contributed by atoms with E-state index in [1.54, 1.807) is 0 Å². The van der Waals surface area contributed by atoms with Gasteiger partial charge in [-0.1, -0.05) is 0 Å². The first kappa shape index (κ1) is 18.1. The summed E-state index contributed by atoms with van der Waals surface area (Å²) in [4.78, 5) is 0. The van der Waals surface area contributed by atoms with Crippen molar-refractivity contribution in [1.82, 2.24) is 5.32 Å². The summed E-state index contributed by atoms with van der Waals surface area (Å²) in [5, 5.41) is 11.7. The molecule has 3 rings (SSSR count). The third-order valence-corrected chi connectivity index (χ3v) is 3.38. The molecule has 2 N–H and O–H groups in total. The quantitative estimate of drug-likeness (QED) is 0.816. The van der Waals surface area contributed by atoms with Gasteiger partial charge in [-0.3, -0.25) is 0 Å². The molecule has 1 saturated heterocycles. The fourth-order valence-electron chi connectivity index (χ4n) is 2.14. The third kappa shape index (κ3) is 5.42. The minimum absolute atomic E-state index is 0.0335. The van der Waals surface area contributed by atoms with E-state index < -0.39 is 29.0 Å². The molecule has 0 atom stereocenters. The van der Waals surface area contributed by atoms with Gasteiger partial charge in [-0.2, -0.15) is 0 Å². The van der Waals surface area contributed by atoms with Crippen LogP contribution in [0.4, 0.5) is 17.6 Å². The molecule has 0 saturated carbocycles. The summed E-state index contributed by atoms with van der Waals surface area (Å²) in [6.45, 7) is 1.76. The number of aromatic hydroxyl groups is 1. The first-order chi connectivity index (χ1) is 11.5. The predicted molar refractivity (Wildman–Crippen MR) is 80.9 cm³/mol. The molecule has 7 heteroatoms. The van der Waals surface area contributed by atoms with E-state index in [-0.39, 0.29) is 11.9 Å². The monoisotopic (exact) mass is 343 g/mol. The zero-order valence-corrected chi connectivity index (χ0v) is 12.7. The Balaban J connectivity index is 0.000000198. The highest BCUT2D eigenvalue weighted by molar-refractivity contribution is 5.25. The van der Waals surface area contributed by atoms with Gasteiger partial charge in [0.2, 0.25) is 0 Å². The molecule has 1 heterocycles. The maximum atomic E-state index is 13.2. The van der Waals surface area contributed by atoms with Crippen molar-refractivity contribution < 1.29 is 27.4 Å². The molecule has 130 valence electrons. The summed E-state index contributed by atoms with van der Waals surface area (Å²) in [5.41, 5.74) is 0. The van der Waals surface area contributed by atoms with Crippen LogP contribution in [0.15, 0.2) is 36.4 Å². The molecule has 0 spiro atoms. The average molecular weight is 343 g/mol. The van der Waals surface area contributed by atoms with Gasteiger partial charge in [0.15, 0.2) is 23.1 Å². The van der Waals surface area contributed by atoms with E-state index >= 15 is 0 Å². The molecule has 3 nitrogen and oxygen atoms in total. The second-order valence-corrected chi connectivity index (χ2v) is 5.24. The number of hydrogen-bond donors (Lipinski definition) is 2. The molecular weight excluding hydrogens is 326 g/mol. The summed E-state index contributed by atoms with van der Waals surface area (Å²) < 4.78 is 55.4. The summed E-state index contributed by atoms with van der Waals surface area (Å²) in [7, 11) is 0. The molecule has 0 aromatic heterocycles. The molecular formula is C17H17F4NO2. The predicted octanol–water partition coefficient (Wildman–Crippen LogP) is 3.77. The van der Waals surface area contributed by atoms with Crippen molar-refractivity contribution in [2.45, 2.75) is 18.9 Å². The van der Waals surface area contributed by atoms with Gasteiger partial charge in [-0.15, -0.1) is 0 Å². The van der Waals surface area contributed by atoms with Gasteiger partial charge in [0.05, 0.1) is 0 Å². The van der Waals surface area contributed by atoms with Crippen LogP contribution in [-0.2, 0) is 0 Å². The topological polar surface area (TPSA) is 41.5 Å². The van der Waals surface area contributed by atoms with Crippen LogP contribution >= 0.6 is 0 Å². The lowest BCUT2D eigenvalue weighted by molar-refractivity contribution is 0.155. The normalized spacial score (nSPS) is 14.7. The van der Waals surface area contributed by atoms with Gasteiger partial charge in [0.1, 0.15) is 17.7 Å². The Bertz CT molecular complexity index is 676. The van der Waals surface area contributed by atoms with Gasteiger partial charge in [0.25, 0.3) is 0 Å². The number of piperidine rings is 1. The first-order valence-electron chi connectivity index (χ1n) is 7.42. The molecule has 0 unspecified atom stereocenters. The standard InChI is InChI=1S/C11H13F2NO.C6H4F2O/c12-8-1-2-11(10(13)7-8)15-9-3-5-14-6-4-9;7-4-1-2-6(9)5(8)3-4/h1-2,7,9,14H,3-6H2;1-3,9H. The molecule has 24 heavy (non-hydrogen) atoms. The van der Waals surface area contributed by atoms with Gasteiger partial charge >= 0.3 is 0 Å². The highest BCUT2D eigenvalue weighted by atomic mass is 19.1. The van der Waals surface area contributed by atoms with Crippen molar-refractivity contribution in [1.29, 1.82) is 0 Å². The van der Waals surface area contributed by atoms with E-state index in [9.17, 15) is 17.6 Å². The van der Waals surface area contributed by atoms with Crippen molar-refractivity contribution in [3.63, 3.8) is 0 Å². The maximum absolute atomic E-state index is 13.2. The molecule has 0 amide bonds. The van der Waals surface area contributed by atoms with Crippen LogP contribution in [0.1, 0.15) is 12.8 Å². The molecule has 2 aromatic rings. The Kier molecular flexibility index (Phi) is 6.43. The van der Waals surface area contributed by atoms with Crippen LogP contribution in [0, 0.1) is 23.3 Å². The molecule has 1 aliphatic heterocycles. The summed E-state index contributed by atoms with van der Waals surface area (Å²) in [5.74, 6) is -3.22. The second kappa shape index (κ2) is 8.54. The Labute approximate surface area is 136 Å². The van der Waals surface area contributed by atoms with E-state index in [1.165, 1.54) is 12.1 Å². The van der Waals surface area contributed by atoms with E-state index in [1.807, 2.05) is 0 Å². The van der Waals surface area contributed by atoms with Crippen LogP contribution in [-0.4, -0.2) is 24.3 Å². The van der Waals surface area contributed by atoms with Crippen molar-refractivity contribution in [3.8, 4) is 11.5 Å². The van der Waals surface area contributed by atoms with Crippen LogP contribution in [0.25, 0.3) is 0 Å². The first-order valence-corrected chi connectivity index (χ1v) is 7.42. The number of ether oxygens (including phenoxy) is 1. The van der Waals surface area contributed by atoms with Crippen LogP contribution < -0.4 is 10.1 Å². The van der Waals surface area contributed by atoms with Crippen molar-refractivity contribution in [3.05, 3.63) is 59.7 Å². The number of benzene rings is 2. The minimum Gasteiger partial charge on any atom is -0.505 e. The van der Waals surface area contributed by atoms with Crippen LogP contribution in [0.2, 0.25) is 0 Å². The zero-order valence-electron chi connectivity index (χ0n) is 12.7. The Morgan fingerprint density at radius 2 is 1.46 bits per heavy atom. The largest absolute Gasteiger partial charge is 0.505 e. The summed E-state index contributed by atoms with van der Waals surface area (Å²) >= 11 is 0. The lowest BCUT2D eigenvalue weighted by Crippen LogP contribution is -2.34. The maximum Gasteiger partial charge on any atom is 0.167 e.